The van der Waals surface area contributed by atoms with Gasteiger partial charge in [0.05, 0.1) is 30.2 Å². The van der Waals surface area contributed by atoms with Crippen molar-refractivity contribution in [1.29, 1.82) is 0 Å². The molecular weight excluding hydrogens is 390 g/mol. The minimum atomic E-state index is -0.0645. The highest BCUT2D eigenvalue weighted by molar-refractivity contribution is 6.11. The Morgan fingerprint density at radius 1 is 1.13 bits per heavy atom. The summed E-state index contributed by atoms with van der Waals surface area (Å²) < 4.78 is 5.51. The lowest BCUT2D eigenvalue weighted by Gasteiger charge is -2.42. The lowest BCUT2D eigenvalue weighted by atomic mass is 9.92. The van der Waals surface area contributed by atoms with E-state index >= 15 is 0 Å². The summed E-state index contributed by atoms with van der Waals surface area (Å²) in [5.41, 5.74) is 4.61. The number of aromatic nitrogens is 1. The van der Waals surface area contributed by atoms with E-state index in [9.17, 15) is 9.90 Å². The molecule has 1 aromatic heterocycles. The maximum atomic E-state index is 13.6. The number of ether oxygens (including phenoxy) is 1. The summed E-state index contributed by atoms with van der Waals surface area (Å²) in [5, 5.41) is 11.5. The molecule has 2 aromatic carbocycles. The number of benzene rings is 2. The fourth-order valence-corrected chi connectivity index (χ4v) is 4.83. The summed E-state index contributed by atoms with van der Waals surface area (Å²) in [7, 11) is 2.07. The first-order valence-electron chi connectivity index (χ1n) is 10.8. The van der Waals surface area contributed by atoms with E-state index in [0.717, 1.165) is 46.0 Å². The number of carbonyl (C=O) groups is 1. The van der Waals surface area contributed by atoms with Gasteiger partial charge in [-0.2, -0.15) is 0 Å². The van der Waals surface area contributed by atoms with Gasteiger partial charge in [-0.1, -0.05) is 30.3 Å². The van der Waals surface area contributed by atoms with Crippen molar-refractivity contribution >= 4 is 22.4 Å². The molecule has 6 heteroatoms. The van der Waals surface area contributed by atoms with Crippen LogP contribution in [-0.2, 0) is 17.8 Å². The largest absolute Gasteiger partial charge is 0.390 e. The minimum absolute atomic E-state index is 0.0645. The van der Waals surface area contributed by atoms with Gasteiger partial charge in [-0.05, 0) is 47.9 Å². The summed E-state index contributed by atoms with van der Waals surface area (Å²) in [6.07, 6.45) is 4.26. The molecule has 2 aliphatic heterocycles. The number of anilines is 1. The first-order valence-corrected chi connectivity index (χ1v) is 10.8. The van der Waals surface area contributed by atoms with E-state index in [0.29, 0.717) is 32.0 Å². The standard InChI is InChI=1S/C25H27N3O3/c1-27-16-28(20-8-10-31-11-9-20)25(30)23-13-18(12-17-6-7-19(15-29)26-14-17)21-4-2-3-5-22(21)24(23)27/h2-7,13-14,20,29H,8-12,15-16H2,1H3. The quantitative estimate of drug-likeness (QED) is 0.705. The van der Waals surface area contributed by atoms with Crippen LogP contribution in [0.4, 0.5) is 5.69 Å². The average molecular weight is 418 g/mol. The summed E-state index contributed by atoms with van der Waals surface area (Å²) in [5.74, 6) is 0.112. The third-order valence-corrected chi connectivity index (χ3v) is 6.41. The molecule has 1 saturated heterocycles. The Morgan fingerprint density at radius 2 is 1.90 bits per heavy atom. The van der Waals surface area contributed by atoms with Gasteiger partial charge in [0.1, 0.15) is 0 Å². The van der Waals surface area contributed by atoms with E-state index in [1.807, 2.05) is 35.4 Å². The lowest BCUT2D eigenvalue weighted by molar-refractivity contribution is 0.0281. The van der Waals surface area contributed by atoms with Crippen molar-refractivity contribution in [3.63, 3.8) is 0 Å². The molecule has 0 spiro atoms. The van der Waals surface area contributed by atoms with Gasteiger partial charge in [0.2, 0.25) is 0 Å². The second-order valence-electron chi connectivity index (χ2n) is 8.43. The van der Waals surface area contributed by atoms with Crippen molar-refractivity contribution in [2.75, 3.05) is 31.8 Å². The molecule has 3 heterocycles. The van der Waals surface area contributed by atoms with Gasteiger partial charge in [-0.3, -0.25) is 9.78 Å². The molecule has 1 N–H and O–H groups in total. The molecule has 3 aromatic rings. The average Bonchev–Trinajstić information content (AvgIpc) is 2.82. The summed E-state index contributed by atoms with van der Waals surface area (Å²) in [6, 6.07) is 14.5. The van der Waals surface area contributed by atoms with Crippen LogP contribution in [0.2, 0.25) is 0 Å². The van der Waals surface area contributed by atoms with E-state index in [1.54, 1.807) is 0 Å². The molecule has 1 amide bonds. The zero-order valence-corrected chi connectivity index (χ0v) is 17.8. The molecule has 0 bridgehead atoms. The van der Waals surface area contributed by atoms with Crippen molar-refractivity contribution in [1.82, 2.24) is 9.88 Å². The maximum absolute atomic E-state index is 13.6. The molecule has 6 nitrogen and oxygen atoms in total. The molecule has 0 aliphatic carbocycles. The zero-order valence-electron chi connectivity index (χ0n) is 17.8. The first kappa shape index (κ1) is 20.0. The Labute approximate surface area is 182 Å². The number of fused-ring (bicyclic) bond motifs is 3. The first-order chi connectivity index (χ1) is 15.2. The number of hydrogen-bond donors (Lipinski definition) is 1. The van der Waals surface area contributed by atoms with Gasteiger partial charge in [0.15, 0.2) is 0 Å². The Morgan fingerprint density at radius 3 is 2.61 bits per heavy atom. The summed E-state index contributed by atoms with van der Waals surface area (Å²) >= 11 is 0. The number of aliphatic hydroxyl groups is 1. The molecule has 160 valence electrons. The Bertz CT molecular complexity index is 1110. The van der Waals surface area contributed by atoms with E-state index in [2.05, 4.69) is 35.1 Å². The topological polar surface area (TPSA) is 65.9 Å². The van der Waals surface area contributed by atoms with Crippen LogP contribution in [0.25, 0.3) is 10.8 Å². The van der Waals surface area contributed by atoms with Gasteiger partial charge < -0.3 is 19.6 Å². The summed E-state index contributed by atoms with van der Waals surface area (Å²) in [4.78, 5) is 22.1. The predicted octanol–water partition coefficient (Wildman–Crippen LogP) is 3.35. The Balaban J connectivity index is 1.58. The van der Waals surface area contributed by atoms with Gasteiger partial charge in [0, 0.05) is 37.9 Å². The SMILES string of the molecule is CN1CN(C2CCOCC2)C(=O)c2cc(Cc3ccc(CO)nc3)c3ccccc3c21. The van der Waals surface area contributed by atoms with E-state index in [-0.39, 0.29) is 18.6 Å². The number of rotatable bonds is 4. The van der Waals surface area contributed by atoms with Crippen LogP contribution < -0.4 is 4.90 Å². The van der Waals surface area contributed by atoms with Crippen molar-refractivity contribution in [2.45, 2.75) is 31.9 Å². The van der Waals surface area contributed by atoms with Crippen LogP contribution in [0.1, 0.15) is 40.0 Å². The Kier molecular flexibility index (Phi) is 5.34. The predicted molar refractivity (Wildman–Crippen MR) is 120 cm³/mol. The highest BCUT2D eigenvalue weighted by Gasteiger charge is 2.34. The van der Waals surface area contributed by atoms with Crippen molar-refractivity contribution in [3.8, 4) is 0 Å². The number of amides is 1. The third kappa shape index (κ3) is 3.66. The monoisotopic (exact) mass is 417 g/mol. The molecule has 31 heavy (non-hydrogen) atoms. The second-order valence-corrected chi connectivity index (χ2v) is 8.43. The van der Waals surface area contributed by atoms with Crippen LogP contribution >= 0.6 is 0 Å². The fraction of sp³-hybridized carbons (Fsp3) is 0.360. The smallest absolute Gasteiger partial charge is 0.257 e. The van der Waals surface area contributed by atoms with Crippen LogP contribution in [0.3, 0.4) is 0 Å². The van der Waals surface area contributed by atoms with E-state index in [4.69, 9.17) is 4.74 Å². The number of nitrogens with zero attached hydrogens (tertiary/aromatic N) is 3. The molecule has 0 radical (unpaired) electrons. The molecule has 0 atom stereocenters. The molecule has 0 saturated carbocycles. The number of pyridine rings is 1. The van der Waals surface area contributed by atoms with Gasteiger partial charge in [0.25, 0.3) is 5.91 Å². The number of carbonyl (C=O) groups excluding carboxylic acids is 1. The van der Waals surface area contributed by atoms with Crippen molar-refractivity contribution in [2.24, 2.45) is 0 Å². The van der Waals surface area contributed by atoms with Gasteiger partial charge in [-0.25, -0.2) is 0 Å². The lowest BCUT2D eigenvalue weighted by Crippen LogP contribution is -2.51. The molecule has 1 fully saturated rings. The molecular formula is C25H27N3O3. The van der Waals surface area contributed by atoms with Crippen molar-refractivity contribution < 1.29 is 14.6 Å². The summed E-state index contributed by atoms with van der Waals surface area (Å²) in [6.45, 7) is 1.97. The van der Waals surface area contributed by atoms with Crippen LogP contribution in [0, 0.1) is 0 Å². The third-order valence-electron chi connectivity index (χ3n) is 6.41. The number of hydrogen-bond acceptors (Lipinski definition) is 5. The van der Waals surface area contributed by atoms with Crippen molar-refractivity contribution in [3.05, 3.63) is 71.0 Å². The van der Waals surface area contributed by atoms with Crippen LogP contribution in [-0.4, -0.2) is 53.9 Å². The van der Waals surface area contributed by atoms with E-state index < -0.39 is 0 Å². The van der Waals surface area contributed by atoms with E-state index in [1.165, 1.54) is 0 Å². The second kappa shape index (κ2) is 8.29. The maximum Gasteiger partial charge on any atom is 0.257 e. The number of aliphatic hydroxyl groups excluding tert-OH is 1. The highest BCUT2D eigenvalue weighted by Crippen LogP contribution is 2.38. The van der Waals surface area contributed by atoms with Gasteiger partial charge >= 0.3 is 0 Å². The normalized spacial score (nSPS) is 17.3. The molecule has 0 unspecified atom stereocenters. The van der Waals surface area contributed by atoms with Gasteiger partial charge in [-0.15, -0.1) is 0 Å². The zero-order chi connectivity index (χ0) is 21.4. The van der Waals surface area contributed by atoms with Crippen LogP contribution in [0.5, 0.6) is 0 Å². The highest BCUT2D eigenvalue weighted by atomic mass is 16.5. The fourth-order valence-electron chi connectivity index (χ4n) is 4.83. The molecule has 5 rings (SSSR count). The van der Waals surface area contributed by atoms with Crippen LogP contribution in [0.15, 0.2) is 48.7 Å². The Hall–Kier alpha value is -2.96. The minimum Gasteiger partial charge on any atom is -0.390 e. The molecule has 2 aliphatic rings.